The number of hydrogen-bond acceptors (Lipinski definition) is 4. The van der Waals surface area contributed by atoms with Gasteiger partial charge in [0, 0.05) is 41.2 Å². The highest BCUT2D eigenvalue weighted by atomic mass is 35.5. The monoisotopic (exact) mass is 416 g/mol. The summed E-state index contributed by atoms with van der Waals surface area (Å²) in [5.74, 6) is 1.55. The molecule has 2 N–H and O–H groups in total. The quantitative estimate of drug-likeness (QED) is 0.774. The average Bonchev–Trinajstić information content (AvgIpc) is 3.06. The van der Waals surface area contributed by atoms with Crippen LogP contribution in [0, 0.1) is 5.92 Å². The molecular formula is C23H29ClN2O3. The molecule has 6 heteroatoms. The summed E-state index contributed by atoms with van der Waals surface area (Å²) in [5, 5.41) is 14.1. The normalized spacial score (nSPS) is 42.0. The molecule has 4 saturated heterocycles. The summed E-state index contributed by atoms with van der Waals surface area (Å²) in [6, 6.07) is 4.95. The Bertz CT molecular complexity index is 830. The highest BCUT2D eigenvalue weighted by Gasteiger charge is 2.49. The van der Waals surface area contributed by atoms with Gasteiger partial charge in [0.25, 0.3) is 5.91 Å². The second kappa shape index (κ2) is 6.86. The van der Waals surface area contributed by atoms with E-state index < -0.39 is 0 Å². The Kier molecular flexibility index (Phi) is 4.37. The lowest BCUT2D eigenvalue weighted by Gasteiger charge is -2.57. The SMILES string of the molecule is O=C(NC1CC2CC3CC(C1)N2CC3O)c1cc(Cl)cc2c1O[C@@H]1CCCC[C@@H]21. The maximum atomic E-state index is 13.3. The molecule has 0 aromatic heterocycles. The molecule has 1 aliphatic carbocycles. The summed E-state index contributed by atoms with van der Waals surface area (Å²) in [4.78, 5) is 15.7. The first-order chi connectivity index (χ1) is 14.1. The Morgan fingerprint density at radius 2 is 1.90 bits per heavy atom. The zero-order valence-electron chi connectivity index (χ0n) is 16.6. The van der Waals surface area contributed by atoms with Crippen molar-refractivity contribution in [1.82, 2.24) is 10.2 Å². The molecule has 3 unspecified atom stereocenters. The lowest BCUT2D eigenvalue weighted by molar-refractivity contribution is -0.110. The number of aliphatic hydroxyl groups is 1. The molecule has 5 nitrogen and oxygen atoms in total. The predicted molar refractivity (Wildman–Crippen MR) is 111 cm³/mol. The topological polar surface area (TPSA) is 61.8 Å². The largest absolute Gasteiger partial charge is 0.489 e. The first kappa shape index (κ1) is 18.5. The number of amides is 1. The molecule has 5 aliphatic heterocycles. The molecule has 1 saturated carbocycles. The van der Waals surface area contributed by atoms with Crippen LogP contribution in [0.5, 0.6) is 5.75 Å². The predicted octanol–water partition coefficient (Wildman–Crippen LogP) is 3.47. The number of hydrogen-bond donors (Lipinski definition) is 2. The zero-order valence-corrected chi connectivity index (χ0v) is 17.4. The molecule has 5 fully saturated rings. The van der Waals surface area contributed by atoms with Crippen molar-refractivity contribution in [1.29, 1.82) is 0 Å². The summed E-state index contributed by atoms with van der Waals surface area (Å²) in [6.07, 6.45) is 8.69. The number of piperidine rings is 4. The van der Waals surface area contributed by atoms with Gasteiger partial charge >= 0.3 is 0 Å². The van der Waals surface area contributed by atoms with Gasteiger partial charge in [0.2, 0.25) is 0 Å². The van der Waals surface area contributed by atoms with Crippen molar-refractivity contribution in [3.8, 4) is 5.75 Å². The van der Waals surface area contributed by atoms with Crippen LogP contribution in [0.2, 0.25) is 5.02 Å². The molecule has 1 aromatic rings. The number of ether oxygens (including phenoxy) is 1. The van der Waals surface area contributed by atoms with E-state index in [1.54, 1.807) is 6.07 Å². The fraction of sp³-hybridized carbons (Fsp3) is 0.696. The number of fused-ring (bicyclic) bond motifs is 4. The molecule has 4 bridgehead atoms. The lowest BCUT2D eigenvalue weighted by atomic mass is 9.70. The average molecular weight is 417 g/mol. The number of benzene rings is 1. The zero-order chi connectivity index (χ0) is 19.7. The summed E-state index contributed by atoms with van der Waals surface area (Å²) in [6.45, 7) is 0.805. The minimum atomic E-state index is -0.164. The number of nitrogens with one attached hydrogen (secondary N) is 1. The minimum Gasteiger partial charge on any atom is -0.489 e. The van der Waals surface area contributed by atoms with Gasteiger partial charge < -0.3 is 15.2 Å². The van der Waals surface area contributed by atoms with E-state index in [9.17, 15) is 9.90 Å². The summed E-state index contributed by atoms with van der Waals surface area (Å²) in [7, 11) is 0. The molecular weight excluding hydrogens is 388 g/mol. The van der Waals surface area contributed by atoms with Crippen molar-refractivity contribution in [2.75, 3.05) is 6.54 Å². The van der Waals surface area contributed by atoms with E-state index in [1.807, 2.05) is 6.07 Å². The summed E-state index contributed by atoms with van der Waals surface area (Å²) >= 11 is 6.41. The van der Waals surface area contributed by atoms with Crippen LogP contribution in [-0.2, 0) is 0 Å². The molecule has 1 amide bonds. The third-order valence-electron chi connectivity index (χ3n) is 8.18. The van der Waals surface area contributed by atoms with Crippen molar-refractivity contribution in [2.24, 2.45) is 5.92 Å². The standard InChI is InChI=1S/C23H29ClN2O3/c24-13-7-18-17-3-1-2-4-21(17)29-22(18)19(8-13)23(28)25-14-9-15-5-12-6-16(10-14)26(15)11-20(12)27/h7-8,12,14-17,20-21,27H,1-6,9-11H2,(H,25,28)/t12?,14?,15?,16?,17-,20?,21+/m0/s1. The second-order valence-corrected chi connectivity index (χ2v) is 10.3. The van der Waals surface area contributed by atoms with E-state index in [0.29, 0.717) is 34.5 Å². The number of rotatable bonds is 2. The molecule has 0 radical (unpaired) electrons. The van der Waals surface area contributed by atoms with Gasteiger partial charge in [0.15, 0.2) is 0 Å². The maximum Gasteiger partial charge on any atom is 0.255 e. The molecule has 5 heterocycles. The number of carbonyl (C=O) groups is 1. The summed E-state index contributed by atoms with van der Waals surface area (Å²) in [5.41, 5.74) is 1.74. The van der Waals surface area contributed by atoms with E-state index >= 15 is 0 Å². The van der Waals surface area contributed by atoms with Gasteiger partial charge in [-0.3, -0.25) is 9.69 Å². The van der Waals surface area contributed by atoms with Gasteiger partial charge in [0.05, 0.1) is 11.7 Å². The maximum absolute atomic E-state index is 13.3. The van der Waals surface area contributed by atoms with Crippen LogP contribution in [-0.4, -0.2) is 52.8 Å². The van der Waals surface area contributed by atoms with Crippen LogP contribution in [0.4, 0.5) is 0 Å². The minimum absolute atomic E-state index is 0.0486. The Labute approximate surface area is 176 Å². The van der Waals surface area contributed by atoms with Gasteiger partial charge in [-0.2, -0.15) is 0 Å². The lowest BCUT2D eigenvalue weighted by Crippen LogP contribution is -2.65. The van der Waals surface area contributed by atoms with Crippen molar-refractivity contribution >= 4 is 17.5 Å². The van der Waals surface area contributed by atoms with Crippen LogP contribution >= 0.6 is 11.6 Å². The van der Waals surface area contributed by atoms with Crippen molar-refractivity contribution < 1.29 is 14.6 Å². The van der Waals surface area contributed by atoms with E-state index in [-0.39, 0.29) is 24.2 Å². The Hall–Kier alpha value is -1.30. The third kappa shape index (κ3) is 3.00. The fourth-order valence-corrected chi connectivity index (χ4v) is 7.10. The van der Waals surface area contributed by atoms with Gasteiger partial charge in [-0.1, -0.05) is 18.0 Å². The third-order valence-corrected chi connectivity index (χ3v) is 8.39. The number of halogens is 1. The second-order valence-electron chi connectivity index (χ2n) is 9.86. The van der Waals surface area contributed by atoms with Gasteiger partial charge in [-0.25, -0.2) is 0 Å². The highest BCUT2D eigenvalue weighted by Crippen LogP contribution is 2.48. The van der Waals surface area contributed by atoms with E-state index in [4.69, 9.17) is 16.3 Å². The number of carbonyl (C=O) groups excluding carboxylic acids is 1. The molecule has 6 aliphatic rings. The van der Waals surface area contributed by atoms with Crippen molar-refractivity contribution in [3.05, 3.63) is 28.3 Å². The van der Waals surface area contributed by atoms with Gasteiger partial charge in [-0.05, 0) is 63.0 Å². The van der Waals surface area contributed by atoms with Crippen LogP contribution in [0.25, 0.3) is 0 Å². The van der Waals surface area contributed by atoms with E-state index in [1.165, 1.54) is 12.8 Å². The van der Waals surface area contributed by atoms with E-state index in [2.05, 4.69) is 10.2 Å². The molecule has 0 spiro atoms. The van der Waals surface area contributed by atoms with Crippen LogP contribution in [0.15, 0.2) is 12.1 Å². The molecule has 29 heavy (non-hydrogen) atoms. The highest BCUT2D eigenvalue weighted by molar-refractivity contribution is 6.31. The first-order valence-corrected chi connectivity index (χ1v) is 11.7. The molecule has 1 aromatic carbocycles. The molecule has 156 valence electrons. The van der Waals surface area contributed by atoms with Crippen LogP contribution in [0.3, 0.4) is 0 Å². The molecule has 5 atom stereocenters. The smallest absolute Gasteiger partial charge is 0.255 e. The Balaban J connectivity index is 1.21. The van der Waals surface area contributed by atoms with Gasteiger partial charge in [0.1, 0.15) is 11.9 Å². The number of nitrogens with zero attached hydrogens (tertiary/aromatic N) is 1. The fourth-order valence-electron chi connectivity index (χ4n) is 6.87. The first-order valence-electron chi connectivity index (χ1n) is 11.3. The van der Waals surface area contributed by atoms with Crippen molar-refractivity contribution in [2.45, 2.75) is 87.6 Å². The Morgan fingerprint density at radius 1 is 1.14 bits per heavy atom. The number of aliphatic hydroxyl groups excluding tert-OH is 1. The van der Waals surface area contributed by atoms with Crippen LogP contribution < -0.4 is 10.1 Å². The Morgan fingerprint density at radius 3 is 2.66 bits per heavy atom. The van der Waals surface area contributed by atoms with Gasteiger partial charge in [-0.15, -0.1) is 0 Å². The van der Waals surface area contributed by atoms with Crippen LogP contribution in [0.1, 0.15) is 73.2 Å². The van der Waals surface area contributed by atoms with E-state index in [0.717, 1.165) is 56.4 Å². The molecule has 7 rings (SSSR count). The van der Waals surface area contributed by atoms with Crippen molar-refractivity contribution in [3.63, 3.8) is 0 Å². The summed E-state index contributed by atoms with van der Waals surface area (Å²) < 4.78 is 6.28.